The van der Waals surface area contributed by atoms with Crippen molar-refractivity contribution in [3.63, 3.8) is 0 Å². The summed E-state index contributed by atoms with van der Waals surface area (Å²) >= 11 is 0. The van der Waals surface area contributed by atoms with E-state index in [1.807, 2.05) is 60.2 Å². The monoisotopic (exact) mass is 717 g/mol. The number of ether oxygens (including phenoxy) is 1. The lowest BCUT2D eigenvalue weighted by molar-refractivity contribution is -0.117. The van der Waals surface area contributed by atoms with Crippen LogP contribution in [0.15, 0.2) is 85.2 Å². The number of amides is 4. The molecular formula is C36H37Cl2N7O5. The maximum absolute atomic E-state index is 12.7. The first-order valence-corrected chi connectivity index (χ1v) is 15.1. The van der Waals surface area contributed by atoms with Crippen LogP contribution < -0.4 is 26.0 Å². The Labute approximate surface area is 301 Å². The second-order valence-electron chi connectivity index (χ2n) is 11.0. The van der Waals surface area contributed by atoms with Crippen LogP contribution in [-0.2, 0) is 32.3 Å². The highest BCUT2D eigenvalue weighted by atomic mass is 35.5. The minimum absolute atomic E-state index is 0. The molecular weight excluding hydrogens is 681 g/mol. The van der Waals surface area contributed by atoms with Crippen LogP contribution in [0.3, 0.4) is 0 Å². The summed E-state index contributed by atoms with van der Waals surface area (Å²) in [4.78, 5) is 57.4. The number of para-hydroxylation sites is 1. The van der Waals surface area contributed by atoms with E-state index in [1.165, 1.54) is 26.8 Å². The Bertz CT molecular complexity index is 2050. The van der Waals surface area contributed by atoms with Crippen molar-refractivity contribution in [1.82, 2.24) is 19.9 Å². The Morgan fingerprint density at radius 3 is 2.30 bits per heavy atom. The standard InChI is InChI=1S/C36H35N7O5.2ClH/c1-22-10-13-27-7-5-9-32(35(27)39-22)48-21-29-30(40-23(2)44)14-15-31(36(29)42-25(4)46)43-18-6-8-28(43)20-38-34(47)17-12-26-11-16-33(37-19-26)41-24(3)45;;/h5-19H,20-21H2,1-4H3,(H,38,47)(H,40,44)(H,42,46)(H,37,41,45);2*1H/b17-12+;;. The maximum Gasteiger partial charge on any atom is 0.244 e. The number of pyridine rings is 2. The summed E-state index contributed by atoms with van der Waals surface area (Å²) in [5, 5.41) is 12.2. The predicted octanol–water partition coefficient (Wildman–Crippen LogP) is 6.36. The van der Waals surface area contributed by atoms with Gasteiger partial charge in [0.2, 0.25) is 23.6 Å². The third kappa shape index (κ3) is 9.91. The van der Waals surface area contributed by atoms with Gasteiger partial charge >= 0.3 is 0 Å². The second-order valence-corrected chi connectivity index (χ2v) is 11.0. The Hall–Kier alpha value is -5.72. The number of carbonyl (C=O) groups excluding carboxylic acids is 4. The van der Waals surface area contributed by atoms with Crippen molar-refractivity contribution in [2.24, 2.45) is 0 Å². The largest absolute Gasteiger partial charge is 0.486 e. The number of nitrogens with one attached hydrogen (secondary N) is 4. The van der Waals surface area contributed by atoms with Crippen molar-refractivity contribution in [2.75, 3.05) is 16.0 Å². The molecule has 0 unspecified atom stereocenters. The molecule has 0 aliphatic heterocycles. The van der Waals surface area contributed by atoms with Gasteiger partial charge in [-0.1, -0.05) is 18.2 Å². The number of carbonyl (C=O) groups is 4. The molecule has 0 aliphatic carbocycles. The molecule has 4 amide bonds. The SMILES string of the molecule is CC(=O)Nc1ccc(/C=C/C(=O)NCc2cccn2-c2ccc(NC(C)=O)c(COc3cccc4ccc(C)nc34)c2NC(C)=O)cn1.Cl.Cl. The zero-order chi connectivity index (χ0) is 34.2. The topological polar surface area (TPSA) is 156 Å². The molecule has 0 aliphatic rings. The number of hydrogen-bond donors (Lipinski definition) is 4. The third-order valence-electron chi connectivity index (χ3n) is 7.15. The molecule has 5 aromatic rings. The van der Waals surface area contributed by atoms with Gasteiger partial charge in [-0.15, -0.1) is 24.8 Å². The van der Waals surface area contributed by atoms with E-state index in [1.54, 1.807) is 36.5 Å². The number of anilines is 3. The van der Waals surface area contributed by atoms with E-state index in [0.717, 1.165) is 16.8 Å². The van der Waals surface area contributed by atoms with Gasteiger partial charge in [0.15, 0.2) is 0 Å². The molecule has 3 aromatic heterocycles. The first-order valence-electron chi connectivity index (χ1n) is 15.1. The Kier molecular flexibility index (Phi) is 13.6. The number of rotatable bonds is 11. The average molecular weight is 719 g/mol. The van der Waals surface area contributed by atoms with Crippen LogP contribution in [0.5, 0.6) is 5.75 Å². The second kappa shape index (κ2) is 17.6. The van der Waals surface area contributed by atoms with Gasteiger partial charge in [-0.05, 0) is 67.1 Å². The molecule has 50 heavy (non-hydrogen) atoms. The normalized spacial score (nSPS) is 10.5. The predicted molar refractivity (Wildman–Crippen MR) is 199 cm³/mol. The van der Waals surface area contributed by atoms with Crippen LogP contribution in [0, 0.1) is 6.92 Å². The van der Waals surface area contributed by atoms with Gasteiger partial charge in [0.1, 0.15) is 23.7 Å². The molecule has 260 valence electrons. The van der Waals surface area contributed by atoms with Crippen molar-refractivity contribution in [3.8, 4) is 11.4 Å². The van der Waals surface area contributed by atoms with Gasteiger partial charge in [0, 0.05) is 67.3 Å². The molecule has 0 bridgehead atoms. The number of aryl methyl sites for hydroxylation is 1. The van der Waals surface area contributed by atoms with Gasteiger partial charge < -0.3 is 30.6 Å². The quantitative estimate of drug-likeness (QED) is 0.116. The number of aromatic nitrogens is 3. The van der Waals surface area contributed by atoms with Crippen LogP contribution in [-0.4, -0.2) is 38.2 Å². The highest BCUT2D eigenvalue weighted by Crippen LogP contribution is 2.34. The fourth-order valence-electron chi connectivity index (χ4n) is 5.05. The van der Waals surface area contributed by atoms with Crippen LogP contribution in [0.4, 0.5) is 17.2 Å². The number of fused-ring (bicyclic) bond motifs is 1. The fraction of sp³-hybridized carbons (Fsp3) is 0.167. The van der Waals surface area contributed by atoms with Crippen molar-refractivity contribution in [1.29, 1.82) is 0 Å². The van der Waals surface area contributed by atoms with Gasteiger partial charge in [-0.2, -0.15) is 0 Å². The number of halogens is 2. The van der Waals surface area contributed by atoms with Crippen LogP contribution >= 0.6 is 24.8 Å². The van der Waals surface area contributed by atoms with E-state index >= 15 is 0 Å². The summed E-state index contributed by atoms with van der Waals surface area (Å²) < 4.78 is 8.16. The van der Waals surface area contributed by atoms with Crippen LogP contribution in [0.25, 0.3) is 22.7 Å². The lowest BCUT2D eigenvalue weighted by Gasteiger charge is -2.21. The molecule has 0 saturated heterocycles. The lowest BCUT2D eigenvalue weighted by atomic mass is 10.1. The van der Waals surface area contributed by atoms with Crippen LogP contribution in [0.1, 0.15) is 43.3 Å². The van der Waals surface area contributed by atoms with E-state index in [4.69, 9.17) is 4.74 Å². The van der Waals surface area contributed by atoms with E-state index in [2.05, 4.69) is 31.2 Å². The smallest absolute Gasteiger partial charge is 0.244 e. The van der Waals surface area contributed by atoms with E-state index < -0.39 is 0 Å². The molecule has 0 atom stereocenters. The summed E-state index contributed by atoms with van der Waals surface area (Å²) in [7, 11) is 0. The van der Waals surface area contributed by atoms with Gasteiger partial charge in [0.25, 0.3) is 0 Å². The highest BCUT2D eigenvalue weighted by Gasteiger charge is 2.20. The van der Waals surface area contributed by atoms with Gasteiger partial charge in [-0.3, -0.25) is 19.2 Å². The fourth-order valence-corrected chi connectivity index (χ4v) is 5.05. The molecule has 2 aromatic carbocycles. The van der Waals surface area contributed by atoms with Crippen molar-refractivity contribution in [3.05, 3.63) is 108 Å². The Balaban J connectivity index is 0.00000338. The number of hydrogen-bond acceptors (Lipinski definition) is 7. The van der Waals surface area contributed by atoms with Crippen molar-refractivity contribution >= 4 is 82.6 Å². The molecule has 0 spiro atoms. The summed E-state index contributed by atoms with van der Waals surface area (Å²) in [6.45, 7) is 6.30. The first-order chi connectivity index (χ1) is 23.1. The molecule has 5 rings (SSSR count). The Morgan fingerprint density at radius 1 is 0.840 bits per heavy atom. The summed E-state index contributed by atoms with van der Waals surface area (Å²) in [5.74, 6) is -0.167. The van der Waals surface area contributed by atoms with E-state index in [9.17, 15) is 19.2 Å². The zero-order valence-electron chi connectivity index (χ0n) is 27.8. The van der Waals surface area contributed by atoms with Crippen molar-refractivity contribution < 1.29 is 23.9 Å². The van der Waals surface area contributed by atoms with E-state index in [-0.39, 0.29) is 61.6 Å². The third-order valence-corrected chi connectivity index (χ3v) is 7.15. The van der Waals surface area contributed by atoms with Crippen molar-refractivity contribution in [2.45, 2.75) is 40.8 Å². The molecule has 3 heterocycles. The average Bonchev–Trinajstić information content (AvgIpc) is 3.51. The molecule has 4 N–H and O–H groups in total. The highest BCUT2D eigenvalue weighted by molar-refractivity contribution is 5.97. The Morgan fingerprint density at radius 2 is 1.60 bits per heavy atom. The van der Waals surface area contributed by atoms with Crippen LogP contribution in [0.2, 0.25) is 0 Å². The minimum Gasteiger partial charge on any atom is -0.486 e. The minimum atomic E-state index is -0.329. The summed E-state index contributed by atoms with van der Waals surface area (Å²) in [5.41, 5.74) is 5.04. The van der Waals surface area contributed by atoms with E-state index in [0.29, 0.717) is 45.3 Å². The first kappa shape index (κ1) is 38.7. The number of benzene rings is 2. The maximum atomic E-state index is 12.7. The molecule has 0 saturated carbocycles. The molecule has 0 fully saturated rings. The number of nitrogens with zero attached hydrogens (tertiary/aromatic N) is 3. The molecule has 12 nitrogen and oxygen atoms in total. The molecule has 0 radical (unpaired) electrons. The summed E-state index contributed by atoms with van der Waals surface area (Å²) in [6.07, 6.45) is 6.38. The van der Waals surface area contributed by atoms with Gasteiger partial charge in [-0.25, -0.2) is 9.97 Å². The molecule has 14 heteroatoms. The van der Waals surface area contributed by atoms with Gasteiger partial charge in [0.05, 0.1) is 17.9 Å². The zero-order valence-corrected chi connectivity index (χ0v) is 29.4. The summed E-state index contributed by atoms with van der Waals surface area (Å²) in [6, 6.07) is 20.2. The lowest BCUT2D eigenvalue weighted by Crippen LogP contribution is -2.22.